The van der Waals surface area contributed by atoms with Crippen molar-refractivity contribution in [1.82, 2.24) is 0 Å². The average molecular weight is 475 g/mol. The summed E-state index contributed by atoms with van der Waals surface area (Å²) < 4.78 is 27.8. The normalized spacial score (nSPS) is 15.2. The second-order valence-electron chi connectivity index (χ2n) is 8.88. The quantitative estimate of drug-likeness (QED) is 0.341. The summed E-state index contributed by atoms with van der Waals surface area (Å²) in [6.07, 6.45) is -2.17. The lowest BCUT2D eigenvalue weighted by Crippen LogP contribution is -2.36. The molecule has 7 heteroatoms. The maximum absolute atomic E-state index is 12.8. The van der Waals surface area contributed by atoms with Gasteiger partial charge in [0.2, 0.25) is 0 Å². The van der Waals surface area contributed by atoms with Crippen LogP contribution in [0.15, 0.2) is 48.5 Å². The fraction of sp³-hybridized carbons (Fsp3) is 0.519. The predicted octanol–water partition coefficient (Wildman–Crippen LogP) is 5.04. The lowest BCUT2D eigenvalue weighted by molar-refractivity contribution is -0.165. The van der Waals surface area contributed by atoms with Crippen molar-refractivity contribution in [2.24, 2.45) is 0 Å². The zero-order valence-corrected chi connectivity index (χ0v) is 21.2. The SMILES string of the molecule is CCOC(C)Oc1ccc(C(c2ccc(OC(C)OCC)cc2)C(O)C(=O)OC(C)(C)C)cc1. The molecule has 3 atom stereocenters. The average Bonchev–Trinajstić information content (AvgIpc) is 2.75. The Labute approximate surface area is 202 Å². The van der Waals surface area contributed by atoms with Crippen molar-refractivity contribution in [3.05, 3.63) is 59.7 Å². The largest absolute Gasteiger partial charge is 0.465 e. The molecule has 188 valence electrons. The first kappa shape index (κ1) is 27.6. The van der Waals surface area contributed by atoms with E-state index in [1.54, 1.807) is 45.0 Å². The number of carbonyl (C=O) groups is 1. The van der Waals surface area contributed by atoms with Crippen LogP contribution in [0.2, 0.25) is 0 Å². The number of hydrogen-bond donors (Lipinski definition) is 1. The summed E-state index contributed by atoms with van der Waals surface area (Å²) in [5.74, 6) is -0.0765. The molecule has 2 rings (SSSR count). The van der Waals surface area contributed by atoms with Crippen molar-refractivity contribution >= 4 is 5.97 Å². The molecule has 2 aromatic carbocycles. The first-order chi connectivity index (χ1) is 16.0. The molecule has 0 amide bonds. The third-order valence-electron chi connectivity index (χ3n) is 4.85. The molecule has 0 fully saturated rings. The van der Waals surface area contributed by atoms with Crippen molar-refractivity contribution in [2.75, 3.05) is 13.2 Å². The molecule has 0 aromatic heterocycles. The molecule has 0 aliphatic heterocycles. The maximum atomic E-state index is 12.8. The highest BCUT2D eigenvalue weighted by Crippen LogP contribution is 2.32. The van der Waals surface area contributed by atoms with E-state index in [0.29, 0.717) is 24.7 Å². The second-order valence-corrected chi connectivity index (χ2v) is 8.88. The fourth-order valence-corrected chi connectivity index (χ4v) is 3.48. The Balaban J connectivity index is 2.32. The monoisotopic (exact) mass is 474 g/mol. The van der Waals surface area contributed by atoms with E-state index in [0.717, 1.165) is 11.1 Å². The maximum Gasteiger partial charge on any atom is 0.336 e. The van der Waals surface area contributed by atoms with Gasteiger partial charge in [-0.1, -0.05) is 24.3 Å². The number of aliphatic hydroxyl groups excluding tert-OH is 1. The van der Waals surface area contributed by atoms with E-state index in [2.05, 4.69) is 0 Å². The van der Waals surface area contributed by atoms with Crippen LogP contribution in [0.1, 0.15) is 65.5 Å². The minimum Gasteiger partial charge on any atom is -0.465 e. The van der Waals surface area contributed by atoms with E-state index in [4.69, 9.17) is 23.7 Å². The van der Waals surface area contributed by atoms with Crippen LogP contribution in [-0.4, -0.2) is 48.6 Å². The second kappa shape index (κ2) is 12.7. The Morgan fingerprint density at radius 1 is 0.794 bits per heavy atom. The molecular formula is C27H38O7. The topological polar surface area (TPSA) is 83.5 Å². The van der Waals surface area contributed by atoms with Crippen molar-refractivity contribution in [1.29, 1.82) is 0 Å². The highest BCUT2D eigenvalue weighted by Gasteiger charge is 2.33. The molecule has 0 saturated carbocycles. The van der Waals surface area contributed by atoms with Crippen LogP contribution < -0.4 is 9.47 Å². The van der Waals surface area contributed by atoms with Gasteiger partial charge in [0, 0.05) is 19.1 Å². The molecule has 0 radical (unpaired) electrons. The number of benzene rings is 2. The number of esters is 1. The lowest BCUT2D eigenvalue weighted by Gasteiger charge is -2.27. The van der Waals surface area contributed by atoms with E-state index in [1.165, 1.54) is 0 Å². The molecule has 1 N–H and O–H groups in total. The lowest BCUT2D eigenvalue weighted by atomic mass is 9.86. The zero-order valence-electron chi connectivity index (χ0n) is 21.2. The summed E-state index contributed by atoms with van der Waals surface area (Å²) in [7, 11) is 0. The third-order valence-corrected chi connectivity index (χ3v) is 4.85. The molecule has 0 aliphatic carbocycles. The Bertz CT molecular complexity index is 814. The van der Waals surface area contributed by atoms with Gasteiger partial charge in [-0.15, -0.1) is 0 Å². The van der Waals surface area contributed by atoms with E-state index < -0.39 is 23.6 Å². The Morgan fingerprint density at radius 2 is 1.18 bits per heavy atom. The summed E-state index contributed by atoms with van der Waals surface area (Å²) in [4.78, 5) is 12.8. The molecule has 0 spiro atoms. The number of hydrogen-bond acceptors (Lipinski definition) is 7. The number of ether oxygens (including phenoxy) is 5. The van der Waals surface area contributed by atoms with Gasteiger partial charge in [0.05, 0.1) is 0 Å². The van der Waals surface area contributed by atoms with Gasteiger partial charge in [-0.25, -0.2) is 4.79 Å². The molecule has 0 bridgehead atoms. The van der Waals surface area contributed by atoms with Crippen LogP contribution in [-0.2, 0) is 19.0 Å². The molecule has 0 aliphatic rings. The molecule has 7 nitrogen and oxygen atoms in total. The minimum atomic E-state index is -1.40. The molecule has 0 heterocycles. The van der Waals surface area contributed by atoms with Gasteiger partial charge in [-0.05, 0) is 83.9 Å². The Morgan fingerprint density at radius 3 is 1.50 bits per heavy atom. The van der Waals surface area contributed by atoms with Crippen LogP contribution in [0, 0.1) is 0 Å². The van der Waals surface area contributed by atoms with E-state index in [1.807, 2.05) is 52.0 Å². The van der Waals surface area contributed by atoms with Crippen molar-refractivity contribution < 1.29 is 33.6 Å². The summed E-state index contributed by atoms with van der Waals surface area (Å²) >= 11 is 0. The number of aliphatic hydroxyl groups is 1. The smallest absolute Gasteiger partial charge is 0.336 e. The first-order valence-corrected chi connectivity index (χ1v) is 11.7. The van der Waals surface area contributed by atoms with Crippen molar-refractivity contribution in [3.63, 3.8) is 0 Å². The van der Waals surface area contributed by atoms with Gasteiger partial charge in [0.1, 0.15) is 17.1 Å². The molecule has 0 saturated heterocycles. The van der Waals surface area contributed by atoms with Crippen LogP contribution in [0.5, 0.6) is 11.5 Å². The summed E-state index contributed by atoms with van der Waals surface area (Å²) in [6.45, 7) is 13.8. The van der Waals surface area contributed by atoms with Gasteiger partial charge in [0.15, 0.2) is 18.7 Å². The van der Waals surface area contributed by atoms with E-state index in [-0.39, 0.29) is 12.6 Å². The van der Waals surface area contributed by atoms with Crippen molar-refractivity contribution in [3.8, 4) is 11.5 Å². The third kappa shape index (κ3) is 8.63. The van der Waals surface area contributed by atoms with Crippen LogP contribution in [0.25, 0.3) is 0 Å². The summed E-state index contributed by atoms with van der Waals surface area (Å²) in [5.41, 5.74) is 0.764. The highest BCUT2D eigenvalue weighted by atomic mass is 16.7. The van der Waals surface area contributed by atoms with Gasteiger partial charge in [-0.2, -0.15) is 0 Å². The van der Waals surface area contributed by atoms with E-state index >= 15 is 0 Å². The standard InChI is InChI=1S/C27H38O7/c1-8-30-18(3)32-22-14-10-20(11-15-22)24(25(28)26(29)34-27(5,6)7)21-12-16-23(17-13-21)33-19(4)31-9-2/h10-19,24-25,28H,8-9H2,1-7H3. The van der Waals surface area contributed by atoms with Gasteiger partial charge < -0.3 is 28.8 Å². The predicted molar refractivity (Wildman–Crippen MR) is 130 cm³/mol. The van der Waals surface area contributed by atoms with Crippen LogP contribution in [0.3, 0.4) is 0 Å². The van der Waals surface area contributed by atoms with Crippen molar-refractivity contribution in [2.45, 2.75) is 78.7 Å². The van der Waals surface area contributed by atoms with Gasteiger partial charge in [0.25, 0.3) is 0 Å². The fourth-order valence-electron chi connectivity index (χ4n) is 3.48. The molecule has 3 unspecified atom stereocenters. The van der Waals surface area contributed by atoms with Crippen LogP contribution in [0.4, 0.5) is 0 Å². The summed E-state index contributed by atoms with van der Waals surface area (Å²) in [5, 5.41) is 11.0. The first-order valence-electron chi connectivity index (χ1n) is 11.7. The minimum absolute atomic E-state index is 0.384. The molecule has 2 aromatic rings. The Hall–Kier alpha value is -2.61. The number of rotatable bonds is 12. The molecule has 34 heavy (non-hydrogen) atoms. The van der Waals surface area contributed by atoms with Gasteiger partial charge >= 0.3 is 5.97 Å². The molecular weight excluding hydrogens is 436 g/mol. The Kier molecular flexibility index (Phi) is 10.4. The van der Waals surface area contributed by atoms with E-state index in [9.17, 15) is 9.90 Å². The summed E-state index contributed by atoms with van der Waals surface area (Å²) in [6, 6.07) is 14.5. The number of carbonyl (C=O) groups excluding carboxylic acids is 1. The van der Waals surface area contributed by atoms with Crippen LogP contribution >= 0.6 is 0 Å². The zero-order chi connectivity index (χ0) is 25.3. The highest BCUT2D eigenvalue weighted by molar-refractivity contribution is 5.77. The van der Waals surface area contributed by atoms with Gasteiger partial charge in [-0.3, -0.25) is 0 Å².